The summed E-state index contributed by atoms with van der Waals surface area (Å²) in [5.74, 6) is 0.377. The highest BCUT2D eigenvalue weighted by Gasteiger charge is 2.30. The van der Waals surface area contributed by atoms with Crippen LogP contribution >= 0.6 is 34.8 Å². The summed E-state index contributed by atoms with van der Waals surface area (Å²) in [6.07, 6.45) is 2.94. The zero-order valence-corrected chi connectivity index (χ0v) is 23.7. The fourth-order valence-electron chi connectivity index (χ4n) is 3.98. The second-order valence-electron chi connectivity index (χ2n) is 9.03. The highest BCUT2D eigenvalue weighted by atomic mass is 35.5. The molecule has 0 aliphatic carbocycles. The predicted molar refractivity (Wildman–Crippen MR) is 155 cm³/mol. The Morgan fingerprint density at radius 2 is 1.63 bits per heavy atom. The number of carbonyl (C=O) groups excluding carboxylic acids is 2. The molecule has 0 radical (unpaired) electrons. The maximum Gasteiger partial charge on any atom is 0.243 e. The van der Waals surface area contributed by atoms with Gasteiger partial charge < -0.3 is 15.0 Å². The minimum atomic E-state index is -0.687. The second-order valence-corrected chi connectivity index (χ2v) is 10.3. The van der Waals surface area contributed by atoms with Crippen LogP contribution in [0.1, 0.15) is 43.7 Å². The molecule has 38 heavy (non-hydrogen) atoms. The Morgan fingerprint density at radius 1 is 0.895 bits per heavy atom. The number of carbonyl (C=O) groups is 2. The number of hydrogen-bond acceptors (Lipinski definition) is 3. The number of rotatable bonds is 14. The maximum atomic E-state index is 13.6. The minimum Gasteiger partial charge on any atom is -0.494 e. The fraction of sp³-hybridized carbons (Fsp3) is 0.333. The van der Waals surface area contributed by atoms with Crippen molar-refractivity contribution in [1.29, 1.82) is 0 Å². The molecule has 0 aliphatic heterocycles. The van der Waals surface area contributed by atoms with Gasteiger partial charge in [0, 0.05) is 31.0 Å². The first-order valence-electron chi connectivity index (χ1n) is 12.8. The van der Waals surface area contributed by atoms with Crippen molar-refractivity contribution in [3.63, 3.8) is 0 Å². The number of amides is 2. The first-order chi connectivity index (χ1) is 18.4. The van der Waals surface area contributed by atoms with E-state index in [9.17, 15) is 9.59 Å². The van der Waals surface area contributed by atoms with Crippen molar-refractivity contribution in [3.05, 3.63) is 99.0 Å². The molecule has 0 unspecified atom stereocenters. The van der Waals surface area contributed by atoms with E-state index in [0.29, 0.717) is 46.8 Å². The molecule has 0 saturated heterocycles. The van der Waals surface area contributed by atoms with E-state index in [-0.39, 0.29) is 24.8 Å². The molecule has 0 heterocycles. The van der Waals surface area contributed by atoms with E-state index < -0.39 is 6.04 Å². The van der Waals surface area contributed by atoms with Crippen LogP contribution in [0.5, 0.6) is 5.75 Å². The normalized spacial score (nSPS) is 11.6. The molecular weight excluding hydrogens is 543 g/mol. The third kappa shape index (κ3) is 9.54. The molecule has 0 fully saturated rings. The van der Waals surface area contributed by atoms with Gasteiger partial charge in [-0.15, -0.1) is 0 Å². The van der Waals surface area contributed by atoms with Crippen LogP contribution in [0.15, 0.2) is 72.8 Å². The molecule has 202 valence electrons. The third-order valence-electron chi connectivity index (χ3n) is 6.05. The topological polar surface area (TPSA) is 58.6 Å². The van der Waals surface area contributed by atoms with Gasteiger partial charge in [-0.05, 0) is 60.4 Å². The highest BCUT2D eigenvalue weighted by Crippen LogP contribution is 2.25. The highest BCUT2D eigenvalue weighted by molar-refractivity contribution is 6.42. The molecule has 0 spiro atoms. The van der Waals surface area contributed by atoms with Crippen LogP contribution in [-0.2, 0) is 22.6 Å². The van der Waals surface area contributed by atoms with Crippen molar-refractivity contribution in [3.8, 4) is 5.75 Å². The molecule has 0 aliphatic rings. The number of ether oxygens (including phenoxy) is 1. The van der Waals surface area contributed by atoms with Crippen molar-refractivity contribution in [2.24, 2.45) is 0 Å². The van der Waals surface area contributed by atoms with E-state index in [1.165, 1.54) is 0 Å². The Kier molecular flexibility index (Phi) is 12.3. The zero-order valence-electron chi connectivity index (χ0n) is 21.5. The molecule has 2 amide bonds. The summed E-state index contributed by atoms with van der Waals surface area (Å²) >= 11 is 18.3. The smallest absolute Gasteiger partial charge is 0.243 e. The summed E-state index contributed by atoms with van der Waals surface area (Å²) in [5.41, 5.74) is 1.77. The Balaban J connectivity index is 1.79. The van der Waals surface area contributed by atoms with Crippen LogP contribution in [0, 0.1) is 0 Å². The number of nitrogens with zero attached hydrogens (tertiary/aromatic N) is 1. The van der Waals surface area contributed by atoms with Crippen LogP contribution in [0.25, 0.3) is 0 Å². The van der Waals surface area contributed by atoms with Gasteiger partial charge in [-0.2, -0.15) is 0 Å². The van der Waals surface area contributed by atoms with Gasteiger partial charge >= 0.3 is 0 Å². The molecular formula is C30H33Cl3N2O3. The van der Waals surface area contributed by atoms with Crippen molar-refractivity contribution >= 4 is 46.6 Å². The standard InChI is InChI=1S/C30H33Cl3N2O3/c1-2-3-17-34-30(37)28(20-22-8-5-4-6-9-22)35(21-23-11-16-26(32)27(33)19-23)29(36)10-7-18-38-25-14-12-24(31)13-15-25/h4-6,8-9,11-16,19,28H,2-3,7,10,17-18,20-21H2,1H3,(H,34,37)/t28-/m0/s1. The van der Waals surface area contributed by atoms with Gasteiger partial charge in [-0.3, -0.25) is 9.59 Å². The molecule has 0 bridgehead atoms. The molecule has 1 N–H and O–H groups in total. The third-order valence-corrected chi connectivity index (χ3v) is 7.05. The van der Waals surface area contributed by atoms with Gasteiger partial charge in [0.1, 0.15) is 11.8 Å². The molecule has 0 saturated carbocycles. The first kappa shape index (κ1) is 29.8. The van der Waals surface area contributed by atoms with Gasteiger partial charge in [0.25, 0.3) is 0 Å². The molecule has 1 atom stereocenters. The summed E-state index contributed by atoms with van der Waals surface area (Å²) in [7, 11) is 0. The molecule has 3 aromatic carbocycles. The number of benzene rings is 3. The van der Waals surface area contributed by atoms with Gasteiger partial charge in [-0.1, -0.05) is 84.5 Å². The molecule has 5 nitrogen and oxygen atoms in total. The lowest BCUT2D eigenvalue weighted by Gasteiger charge is -2.32. The van der Waals surface area contributed by atoms with E-state index in [2.05, 4.69) is 12.2 Å². The Morgan fingerprint density at radius 3 is 2.32 bits per heavy atom. The van der Waals surface area contributed by atoms with Crippen molar-refractivity contribution in [2.75, 3.05) is 13.2 Å². The molecule has 8 heteroatoms. The summed E-state index contributed by atoms with van der Waals surface area (Å²) in [5, 5.41) is 4.49. The van der Waals surface area contributed by atoms with E-state index in [4.69, 9.17) is 39.5 Å². The predicted octanol–water partition coefficient (Wildman–Crippen LogP) is 7.36. The number of hydrogen-bond donors (Lipinski definition) is 1. The van der Waals surface area contributed by atoms with E-state index in [1.54, 1.807) is 41.3 Å². The molecule has 3 rings (SSSR count). The average molecular weight is 576 g/mol. The lowest BCUT2D eigenvalue weighted by Crippen LogP contribution is -2.50. The number of halogens is 3. The van der Waals surface area contributed by atoms with Crippen LogP contribution in [0.3, 0.4) is 0 Å². The van der Waals surface area contributed by atoms with Crippen LogP contribution in [0.2, 0.25) is 15.1 Å². The Labute approximate surface area is 240 Å². The lowest BCUT2D eigenvalue weighted by atomic mass is 10.0. The van der Waals surface area contributed by atoms with Crippen molar-refractivity contribution in [1.82, 2.24) is 10.2 Å². The van der Waals surface area contributed by atoms with Crippen LogP contribution in [0.4, 0.5) is 0 Å². The number of unbranched alkanes of at least 4 members (excludes halogenated alkanes) is 1. The fourth-order valence-corrected chi connectivity index (χ4v) is 4.43. The largest absolute Gasteiger partial charge is 0.494 e. The van der Waals surface area contributed by atoms with Crippen LogP contribution < -0.4 is 10.1 Å². The quantitative estimate of drug-likeness (QED) is 0.204. The van der Waals surface area contributed by atoms with Crippen molar-refractivity contribution in [2.45, 2.75) is 51.6 Å². The SMILES string of the molecule is CCCCNC(=O)[C@H](Cc1ccccc1)N(Cc1ccc(Cl)c(Cl)c1)C(=O)CCCOc1ccc(Cl)cc1. The molecule has 3 aromatic rings. The second kappa shape index (κ2) is 15.6. The average Bonchev–Trinajstić information content (AvgIpc) is 2.92. The van der Waals surface area contributed by atoms with Gasteiger partial charge in [0.15, 0.2) is 0 Å². The summed E-state index contributed by atoms with van der Waals surface area (Å²) in [4.78, 5) is 28.7. The minimum absolute atomic E-state index is 0.137. The maximum absolute atomic E-state index is 13.6. The first-order valence-corrected chi connectivity index (χ1v) is 13.9. The van der Waals surface area contributed by atoms with Gasteiger partial charge in [0.05, 0.1) is 16.7 Å². The summed E-state index contributed by atoms with van der Waals surface area (Å²) in [6.45, 7) is 3.22. The van der Waals surface area contributed by atoms with Crippen LogP contribution in [-0.4, -0.2) is 35.9 Å². The Bertz CT molecular complexity index is 1170. The van der Waals surface area contributed by atoms with E-state index >= 15 is 0 Å². The van der Waals surface area contributed by atoms with Crippen molar-refractivity contribution < 1.29 is 14.3 Å². The summed E-state index contributed by atoms with van der Waals surface area (Å²) in [6, 6.07) is 21.4. The van der Waals surface area contributed by atoms with Gasteiger partial charge in [0.2, 0.25) is 11.8 Å². The Hall–Kier alpha value is -2.73. The molecule has 0 aromatic heterocycles. The van der Waals surface area contributed by atoms with E-state index in [0.717, 1.165) is 24.0 Å². The zero-order chi connectivity index (χ0) is 27.3. The van der Waals surface area contributed by atoms with E-state index in [1.807, 2.05) is 36.4 Å². The summed E-state index contributed by atoms with van der Waals surface area (Å²) < 4.78 is 5.77. The lowest BCUT2D eigenvalue weighted by molar-refractivity contribution is -0.141. The monoisotopic (exact) mass is 574 g/mol. The number of nitrogens with one attached hydrogen (secondary N) is 1. The van der Waals surface area contributed by atoms with Gasteiger partial charge in [-0.25, -0.2) is 0 Å².